The van der Waals surface area contributed by atoms with E-state index in [4.69, 9.17) is 9.47 Å². The van der Waals surface area contributed by atoms with Gasteiger partial charge in [-0.25, -0.2) is 4.79 Å². The number of aromatic nitrogens is 4. The van der Waals surface area contributed by atoms with E-state index in [2.05, 4.69) is 31.3 Å². The Morgan fingerprint density at radius 3 is 2.30 bits per heavy atom. The largest absolute Gasteiger partial charge is 0.444 e. The normalized spacial score (nSPS) is 18.0. The summed E-state index contributed by atoms with van der Waals surface area (Å²) in [6.45, 7) is 8.20. The number of ketones is 1. The Bertz CT molecular complexity index is 1890. The van der Waals surface area contributed by atoms with Crippen LogP contribution in [0.15, 0.2) is 72.8 Å². The van der Waals surface area contributed by atoms with E-state index < -0.39 is 17.6 Å². The topological polar surface area (TPSA) is 168 Å². The van der Waals surface area contributed by atoms with Gasteiger partial charge in [-0.05, 0) is 117 Å². The quantitative estimate of drug-likeness (QED) is 0.156. The second-order valence-electron chi connectivity index (χ2n) is 15.2. The van der Waals surface area contributed by atoms with Crippen LogP contribution in [-0.2, 0) is 25.5 Å². The summed E-state index contributed by atoms with van der Waals surface area (Å²) in [5.41, 5.74) is 4.12. The highest BCUT2D eigenvalue weighted by atomic mass is 16.6. The molecule has 1 saturated heterocycles. The Hall–Kier alpha value is -5.43. The molecule has 0 unspecified atom stereocenters. The molecule has 1 aliphatic carbocycles. The van der Waals surface area contributed by atoms with Crippen molar-refractivity contribution in [3.63, 3.8) is 0 Å². The van der Waals surface area contributed by atoms with Gasteiger partial charge < -0.3 is 25.0 Å². The van der Waals surface area contributed by atoms with Crippen molar-refractivity contribution < 1.29 is 28.7 Å². The average Bonchev–Trinajstić information content (AvgIpc) is 3.72. The first-order valence-electron chi connectivity index (χ1n) is 18.7. The molecule has 0 radical (unpaired) electrons. The predicted molar refractivity (Wildman–Crippen MR) is 203 cm³/mol. The minimum absolute atomic E-state index is 0.0230. The van der Waals surface area contributed by atoms with Crippen molar-refractivity contribution in [2.45, 2.75) is 64.9 Å². The zero-order valence-corrected chi connectivity index (χ0v) is 31.2. The number of morpholine rings is 1. The molecule has 2 aliphatic rings. The summed E-state index contributed by atoms with van der Waals surface area (Å²) in [6, 6.07) is 22.7. The Morgan fingerprint density at radius 1 is 0.907 bits per heavy atom. The fraction of sp³-hybridized carbons (Fsp3) is 0.439. The number of hydrogen-bond donors (Lipinski definition) is 3. The predicted octanol–water partition coefficient (Wildman–Crippen LogP) is 6.09. The number of nitrogens with zero attached hydrogens (tertiary/aromatic N) is 4. The Morgan fingerprint density at radius 2 is 1.61 bits per heavy atom. The van der Waals surface area contributed by atoms with Crippen LogP contribution in [0.5, 0.6) is 0 Å². The summed E-state index contributed by atoms with van der Waals surface area (Å²) >= 11 is 0. The average molecular weight is 736 g/mol. The van der Waals surface area contributed by atoms with Crippen LogP contribution in [0.1, 0.15) is 68.8 Å². The Balaban J connectivity index is 1.14. The minimum Gasteiger partial charge on any atom is -0.444 e. The molecular weight excluding hydrogens is 686 g/mol. The number of nitrogens with one attached hydrogen (secondary N) is 3. The molecule has 3 N–H and O–H groups in total. The zero-order chi connectivity index (χ0) is 38.1. The molecular formula is C41H49N7O6. The third-order valence-electron chi connectivity index (χ3n) is 9.96. The SMILES string of the molecule is CC(C)(C)OC(=O)NCC1CCC(C(=O)C[C@@H](Cc2cccc(-c3cccc(C(=O)N4CCOCC4)c3)c2)C(=O)Nc2ccc(-c3nn[nH]n3)cc2)CC1. The molecule has 3 amide bonds. The maximum Gasteiger partial charge on any atom is 0.407 e. The lowest BCUT2D eigenvalue weighted by molar-refractivity contribution is -0.129. The summed E-state index contributed by atoms with van der Waals surface area (Å²) in [6.07, 6.45) is 3.06. The molecule has 13 nitrogen and oxygen atoms in total. The molecule has 13 heteroatoms. The van der Waals surface area contributed by atoms with Crippen molar-refractivity contribution in [1.82, 2.24) is 30.8 Å². The zero-order valence-electron chi connectivity index (χ0n) is 31.2. The van der Waals surface area contributed by atoms with Gasteiger partial charge in [-0.1, -0.05) is 36.4 Å². The second-order valence-corrected chi connectivity index (χ2v) is 15.2. The molecule has 1 aliphatic heterocycles. The van der Waals surface area contributed by atoms with E-state index in [0.29, 0.717) is 69.2 Å². The van der Waals surface area contributed by atoms with Crippen molar-refractivity contribution in [3.05, 3.63) is 83.9 Å². The van der Waals surface area contributed by atoms with Crippen LogP contribution in [0.25, 0.3) is 22.5 Å². The number of anilines is 1. The number of amides is 3. The van der Waals surface area contributed by atoms with Crippen LogP contribution in [0.2, 0.25) is 0 Å². The highest BCUT2D eigenvalue weighted by Gasteiger charge is 2.31. The molecule has 1 aromatic heterocycles. The van der Waals surface area contributed by atoms with E-state index in [1.54, 1.807) is 24.3 Å². The fourth-order valence-corrected chi connectivity index (χ4v) is 7.07. The molecule has 1 saturated carbocycles. The fourth-order valence-electron chi connectivity index (χ4n) is 7.07. The number of carbonyl (C=O) groups is 4. The Kier molecular flexibility index (Phi) is 12.5. The van der Waals surface area contributed by atoms with Gasteiger partial charge in [-0.3, -0.25) is 14.4 Å². The van der Waals surface area contributed by atoms with Crippen LogP contribution < -0.4 is 10.6 Å². The maximum absolute atomic E-state index is 14.0. The number of Topliss-reactive ketones (excluding diaryl/α,β-unsaturated/α-hetero) is 1. The van der Waals surface area contributed by atoms with Crippen molar-refractivity contribution in [1.29, 1.82) is 0 Å². The molecule has 4 aromatic rings. The molecule has 6 rings (SSSR count). The van der Waals surface area contributed by atoms with Crippen LogP contribution in [0.3, 0.4) is 0 Å². The number of aromatic amines is 1. The van der Waals surface area contributed by atoms with Crippen molar-refractivity contribution >= 4 is 29.4 Å². The summed E-state index contributed by atoms with van der Waals surface area (Å²) in [4.78, 5) is 55.0. The van der Waals surface area contributed by atoms with E-state index in [9.17, 15) is 19.2 Å². The van der Waals surface area contributed by atoms with E-state index in [1.165, 1.54) is 0 Å². The lowest BCUT2D eigenvalue weighted by atomic mass is 9.77. The number of H-pyrrole nitrogens is 1. The molecule has 54 heavy (non-hydrogen) atoms. The van der Waals surface area contributed by atoms with Crippen LogP contribution in [0.4, 0.5) is 10.5 Å². The number of tetrazole rings is 1. The molecule has 0 bridgehead atoms. The standard InChI is InChI=1S/C41H49N7O6/c1-41(2,3)54-40(52)42-26-27-10-12-29(13-11-27)36(49)25-34(38(50)43-35-16-14-30(15-17-35)37-44-46-47-45-37)23-28-6-4-7-31(22-28)32-8-5-9-33(24-32)39(51)48-18-20-53-21-19-48/h4-9,14-17,22,24,27,29,34H,10-13,18-21,23,25-26H2,1-3H3,(H,42,52)(H,43,50)(H,44,45,46,47)/t27?,29?,34-/m1/s1. The lowest BCUT2D eigenvalue weighted by Gasteiger charge is -2.29. The van der Waals surface area contributed by atoms with E-state index in [0.717, 1.165) is 35.1 Å². The molecule has 2 heterocycles. The van der Waals surface area contributed by atoms with Gasteiger partial charge in [-0.2, -0.15) is 5.21 Å². The van der Waals surface area contributed by atoms with E-state index >= 15 is 0 Å². The van der Waals surface area contributed by atoms with Gasteiger partial charge in [0.1, 0.15) is 11.4 Å². The van der Waals surface area contributed by atoms with Crippen LogP contribution >= 0.6 is 0 Å². The summed E-state index contributed by atoms with van der Waals surface area (Å²) in [5.74, 6) is -0.244. The number of carbonyl (C=O) groups excluding carboxylic acids is 4. The summed E-state index contributed by atoms with van der Waals surface area (Å²) in [7, 11) is 0. The van der Waals surface area contributed by atoms with E-state index in [-0.39, 0.29) is 35.9 Å². The minimum atomic E-state index is -0.620. The number of ether oxygens (including phenoxy) is 2. The van der Waals surface area contributed by atoms with Gasteiger partial charge in [0.15, 0.2) is 0 Å². The van der Waals surface area contributed by atoms with Gasteiger partial charge in [-0.15, -0.1) is 10.2 Å². The third kappa shape index (κ3) is 10.6. The smallest absolute Gasteiger partial charge is 0.407 e. The third-order valence-corrected chi connectivity index (χ3v) is 9.96. The second kappa shape index (κ2) is 17.6. The molecule has 1 atom stereocenters. The van der Waals surface area contributed by atoms with Gasteiger partial charge in [0.05, 0.1) is 13.2 Å². The monoisotopic (exact) mass is 735 g/mol. The van der Waals surface area contributed by atoms with Crippen LogP contribution in [0, 0.1) is 17.8 Å². The number of benzene rings is 3. The van der Waals surface area contributed by atoms with Crippen molar-refractivity contribution in [2.75, 3.05) is 38.2 Å². The van der Waals surface area contributed by atoms with Gasteiger partial charge in [0.2, 0.25) is 11.7 Å². The number of alkyl carbamates (subject to hydrolysis) is 1. The maximum atomic E-state index is 14.0. The molecule has 0 spiro atoms. The summed E-state index contributed by atoms with van der Waals surface area (Å²) < 4.78 is 10.8. The number of rotatable bonds is 12. The molecule has 2 fully saturated rings. The number of hydrogen-bond acceptors (Lipinski definition) is 9. The Labute approximate surface area is 315 Å². The van der Waals surface area contributed by atoms with Gasteiger partial charge >= 0.3 is 6.09 Å². The van der Waals surface area contributed by atoms with Crippen molar-refractivity contribution in [2.24, 2.45) is 17.8 Å². The van der Waals surface area contributed by atoms with Crippen LogP contribution in [-0.4, -0.2) is 87.7 Å². The van der Waals surface area contributed by atoms with Crippen molar-refractivity contribution in [3.8, 4) is 22.5 Å². The van der Waals surface area contributed by atoms with Gasteiger partial charge in [0.25, 0.3) is 5.91 Å². The first kappa shape index (κ1) is 38.3. The molecule has 3 aromatic carbocycles. The first-order valence-corrected chi connectivity index (χ1v) is 18.7. The highest BCUT2D eigenvalue weighted by molar-refractivity contribution is 5.97. The first-order chi connectivity index (χ1) is 26.0. The highest BCUT2D eigenvalue weighted by Crippen LogP contribution is 2.32. The van der Waals surface area contributed by atoms with Gasteiger partial charge in [0, 0.05) is 54.7 Å². The molecule has 284 valence electrons. The lowest BCUT2D eigenvalue weighted by Crippen LogP contribution is -2.40. The summed E-state index contributed by atoms with van der Waals surface area (Å²) in [5, 5.41) is 20.0. The van der Waals surface area contributed by atoms with E-state index in [1.807, 2.05) is 74.2 Å².